The summed E-state index contributed by atoms with van der Waals surface area (Å²) in [5.41, 5.74) is 0.0620. The van der Waals surface area contributed by atoms with Crippen LogP contribution < -0.4 is 0 Å². The summed E-state index contributed by atoms with van der Waals surface area (Å²) < 4.78 is 17.9. The molecule has 4 nitrogen and oxygen atoms in total. The van der Waals surface area contributed by atoms with Gasteiger partial charge in [-0.05, 0) is 18.6 Å². The lowest BCUT2D eigenvalue weighted by Gasteiger charge is -2.08. The number of nitro groups is 1. The van der Waals surface area contributed by atoms with Gasteiger partial charge in [0, 0.05) is 13.2 Å². The van der Waals surface area contributed by atoms with Gasteiger partial charge in [-0.15, -0.1) is 0 Å². The molecule has 0 radical (unpaired) electrons. The summed E-state index contributed by atoms with van der Waals surface area (Å²) in [4.78, 5) is 9.66. The van der Waals surface area contributed by atoms with E-state index in [1.807, 2.05) is 0 Å². The predicted molar refractivity (Wildman–Crippen MR) is 48.5 cm³/mol. The fraction of sp³-hybridized carbons (Fsp3) is 0.333. The van der Waals surface area contributed by atoms with Gasteiger partial charge in [0.05, 0.1) is 11.0 Å². The third-order valence-electron chi connectivity index (χ3n) is 1.99. The second-order valence-corrected chi connectivity index (χ2v) is 2.85. The first kappa shape index (κ1) is 10.6. The van der Waals surface area contributed by atoms with Crippen molar-refractivity contribution in [3.63, 3.8) is 0 Å². The fourth-order valence-corrected chi connectivity index (χ4v) is 1.06. The van der Waals surface area contributed by atoms with Crippen molar-refractivity contribution in [2.24, 2.45) is 0 Å². The Morgan fingerprint density at radius 3 is 2.71 bits per heavy atom. The third kappa shape index (κ3) is 2.05. The summed E-state index contributed by atoms with van der Waals surface area (Å²) in [5.74, 6) is -0.831. The highest BCUT2D eigenvalue weighted by Crippen LogP contribution is 2.23. The van der Waals surface area contributed by atoms with E-state index in [0.717, 1.165) is 6.07 Å². The molecule has 1 aromatic carbocycles. The molecule has 0 saturated carbocycles. The van der Waals surface area contributed by atoms with Crippen molar-refractivity contribution < 1.29 is 14.1 Å². The smallest absolute Gasteiger partial charge is 0.305 e. The molecule has 1 aromatic rings. The Hall–Kier alpha value is -1.49. The van der Waals surface area contributed by atoms with E-state index in [1.54, 1.807) is 6.92 Å². The SMILES string of the molecule is CO[C@H](C)c1ccc(F)c([N+](=O)[O-])c1. The van der Waals surface area contributed by atoms with Gasteiger partial charge in [-0.3, -0.25) is 10.1 Å². The van der Waals surface area contributed by atoms with Crippen LogP contribution in [0.4, 0.5) is 10.1 Å². The maximum atomic E-state index is 12.9. The van der Waals surface area contributed by atoms with Crippen molar-refractivity contribution >= 4 is 5.69 Å². The van der Waals surface area contributed by atoms with Gasteiger partial charge in [0.1, 0.15) is 0 Å². The van der Waals surface area contributed by atoms with Gasteiger partial charge in [0.25, 0.3) is 0 Å². The van der Waals surface area contributed by atoms with E-state index in [9.17, 15) is 14.5 Å². The zero-order valence-electron chi connectivity index (χ0n) is 7.86. The first-order chi connectivity index (χ1) is 6.56. The molecule has 0 N–H and O–H groups in total. The Labute approximate surface area is 80.5 Å². The summed E-state index contributed by atoms with van der Waals surface area (Å²) in [6.45, 7) is 1.73. The van der Waals surface area contributed by atoms with Crippen LogP contribution in [0.2, 0.25) is 0 Å². The van der Waals surface area contributed by atoms with Gasteiger partial charge in [-0.1, -0.05) is 6.07 Å². The summed E-state index contributed by atoms with van der Waals surface area (Å²) in [5, 5.41) is 10.4. The number of hydrogen-bond acceptors (Lipinski definition) is 3. The Kier molecular flexibility index (Phi) is 3.14. The summed E-state index contributed by atoms with van der Waals surface area (Å²) >= 11 is 0. The number of rotatable bonds is 3. The first-order valence-electron chi connectivity index (χ1n) is 4.03. The summed E-state index contributed by atoms with van der Waals surface area (Å²) in [7, 11) is 1.49. The molecule has 0 unspecified atom stereocenters. The van der Waals surface area contributed by atoms with Gasteiger partial charge in [-0.25, -0.2) is 0 Å². The maximum Gasteiger partial charge on any atom is 0.305 e. The molecule has 0 spiro atoms. The average Bonchev–Trinajstić information content (AvgIpc) is 2.17. The minimum Gasteiger partial charge on any atom is -0.377 e. The Bertz CT molecular complexity index is 354. The van der Waals surface area contributed by atoms with E-state index < -0.39 is 16.4 Å². The highest BCUT2D eigenvalue weighted by atomic mass is 19.1. The molecule has 0 aromatic heterocycles. The third-order valence-corrected chi connectivity index (χ3v) is 1.99. The molecule has 0 aliphatic rings. The van der Waals surface area contributed by atoms with Gasteiger partial charge in [0.2, 0.25) is 5.82 Å². The Morgan fingerprint density at radius 2 is 2.21 bits per heavy atom. The van der Waals surface area contributed by atoms with E-state index in [-0.39, 0.29) is 6.10 Å². The monoisotopic (exact) mass is 199 g/mol. The number of hydrogen-bond donors (Lipinski definition) is 0. The van der Waals surface area contributed by atoms with Gasteiger partial charge < -0.3 is 4.74 Å². The van der Waals surface area contributed by atoms with Crippen LogP contribution in [0.1, 0.15) is 18.6 Å². The molecular formula is C9H10FNO3. The molecule has 0 heterocycles. The zero-order valence-corrected chi connectivity index (χ0v) is 7.86. The molecule has 0 bridgehead atoms. The van der Waals surface area contributed by atoms with Crippen molar-refractivity contribution in [2.75, 3.05) is 7.11 Å². The lowest BCUT2D eigenvalue weighted by atomic mass is 10.1. The van der Waals surface area contributed by atoms with Crippen LogP contribution >= 0.6 is 0 Å². The minimum atomic E-state index is -0.831. The number of ether oxygens (including phenoxy) is 1. The molecule has 0 fully saturated rings. The van der Waals surface area contributed by atoms with Crippen LogP contribution in [0.25, 0.3) is 0 Å². The molecule has 0 saturated heterocycles. The maximum absolute atomic E-state index is 12.9. The minimum absolute atomic E-state index is 0.283. The molecule has 1 rings (SSSR count). The van der Waals surface area contributed by atoms with Crippen molar-refractivity contribution in [1.82, 2.24) is 0 Å². The van der Waals surface area contributed by atoms with E-state index in [4.69, 9.17) is 4.74 Å². The molecule has 0 aliphatic heterocycles. The molecule has 5 heteroatoms. The van der Waals surface area contributed by atoms with Crippen LogP contribution in [-0.4, -0.2) is 12.0 Å². The predicted octanol–water partition coefficient (Wildman–Crippen LogP) is 2.44. The topological polar surface area (TPSA) is 52.4 Å². The van der Waals surface area contributed by atoms with E-state index >= 15 is 0 Å². The van der Waals surface area contributed by atoms with Crippen LogP contribution in [0.15, 0.2) is 18.2 Å². The molecule has 0 aliphatic carbocycles. The zero-order chi connectivity index (χ0) is 10.7. The number of nitrogens with zero attached hydrogens (tertiary/aromatic N) is 1. The highest BCUT2D eigenvalue weighted by molar-refractivity contribution is 5.36. The molecular weight excluding hydrogens is 189 g/mol. The molecule has 1 atom stereocenters. The molecule has 76 valence electrons. The van der Waals surface area contributed by atoms with Crippen LogP contribution in [0.3, 0.4) is 0 Å². The molecule has 0 amide bonds. The van der Waals surface area contributed by atoms with E-state index in [0.29, 0.717) is 5.56 Å². The van der Waals surface area contributed by atoms with Crippen molar-refractivity contribution in [3.8, 4) is 0 Å². The Balaban J connectivity index is 3.12. The Morgan fingerprint density at radius 1 is 1.57 bits per heavy atom. The largest absolute Gasteiger partial charge is 0.377 e. The van der Waals surface area contributed by atoms with Crippen LogP contribution in [-0.2, 0) is 4.74 Å². The normalized spacial score (nSPS) is 12.5. The first-order valence-corrected chi connectivity index (χ1v) is 4.03. The lowest BCUT2D eigenvalue weighted by Crippen LogP contribution is -1.99. The quantitative estimate of drug-likeness (QED) is 0.555. The standard InChI is InChI=1S/C9H10FNO3/c1-6(14-2)7-3-4-8(10)9(5-7)11(12)13/h3-6H,1-2H3/t6-/m1/s1. The highest BCUT2D eigenvalue weighted by Gasteiger charge is 2.16. The summed E-state index contributed by atoms with van der Waals surface area (Å²) in [6.07, 6.45) is -0.283. The number of halogens is 1. The second-order valence-electron chi connectivity index (χ2n) is 2.85. The number of benzene rings is 1. The van der Waals surface area contributed by atoms with E-state index in [2.05, 4.69) is 0 Å². The number of nitro benzene ring substituents is 1. The number of methoxy groups -OCH3 is 1. The summed E-state index contributed by atoms with van der Waals surface area (Å²) in [6, 6.07) is 3.73. The average molecular weight is 199 g/mol. The van der Waals surface area contributed by atoms with Gasteiger partial charge in [-0.2, -0.15) is 4.39 Å². The van der Waals surface area contributed by atoms with Crippen molar-refractivity contribution in [2.45, 2.75) is 13.0 Å². The van der Waals surface area contributed by atoms with Gasteiger partial charge in [0.15, 0.2) is 0 Å². The van der Waals surface area contributed by atoms with E-state index in [1.165, 1.54) is 19.2 Å². The van der Waals surface area contributed by atoms with Crippen molar-refractivity contribution in [3.05, 3.63) is 39.7 Å². The van der Waals surface area contributed by atoms with Crippen molar-refractivity contribution in [1.29, 1.82) is 0 Å². The van der Waals surface area contributed by atoms with Crippen LogP contribution in [0.5, 0.6) is 0 Å². The lowest BCUT2D eigenvalue weighted by molar-refractivity contribution is -0.387. The second kappa shape index (κ2) is 4.15. The fourth-order valence-electron chi connectivity index (χ4n) is 1.06. The van der Waals surface area contributed by atoms with Gasteiger partial charge >= 0.3 is 5.69 Å². The molecule has 14 heavy (non-hydrogen) atoms. The van der Waals surface area contributed by atoms with Crippen LogP contribution in [0, 0.1) is 15.9 Å².